The van der Waals surface area contributed by atoms with Crippen molar-refractivity contribution >= 4 is 27.0 Å². The van der Waals surface area contributed by atoms with Gasteiger partial charge in [-0.1, -0.05) is 12.1 Å². The first-order valence-corrected chi connectivity index (χ1v) is 8.41. The van der Waals surface area contributed by atoms with Crippen LogP contribution < -0.4 is 5.73 Å². The maximum atomic E-state index is 12.7. The summed E-state index contributed by atoms with van der Waals surface area (Å²) in [5, 5.41) is 1.83. The van der Waals surface area contributed by atoms with E-state index < -0.39 is 10.0 Å². The van der Waals surface area contributed by atoms with Gasteiger partial charge in [0.15, 0.2) is 0 Å². The van der Waals surface area contributed by atoms with Crippen LogP contribution in [0.25, 0.3) is 0 Å². The first kappa shape index (κ1) is 15.0. The Balaban J connectivity index is 2.42. The van der Waals surface area contributed by atoms with E-state index in [1.54, 1.807) is 25.4 Å². The van der Waals surface area contributed by atoms with Crippen LogP contribution in [0.4, 0.5) is 5.69 Å². The Kier molecular flexibility index (Phi) is 4.12. The number of nitrogens with two attached hydrogens (primary N) is 1. The first-order chi connectivity index (χ1) is 9.34. The predicted molar refractivity (Wildman–Crippen MR) is 81.1 cm³/mol. The second-order valence-corrected chi connectivity index (χ2v) is 7.38. The molecule has 2 rings (SSSR count). The highest BCUT2D eigenvalue weighted by atomic mass is 32.2. The Morgan fingerprint density at radius 1 is 1.30 bits per heavy atom. The molecule has 2 aromatic rings. The number of rotatable bonds is 4. The summed E-state index contributed by atoms with van der Waals surface area (Å²) in [6, 6.07) is 3.60. The second-order valence-electron chi connectivity index (χ2n) is 4.68. The molecule has 7 heteroatoms. The lowest BCUT2D eigenvalue weighted by Gasteiger charge is -2.19. The van der Waals surface area contributed by atoms with Crippen LogP contribution in [0.2, 0.25) is 0 Å². The molecule has 0 bridgehead atoms. The van der Waals surface area contributed by atoms with Crippen molar-refractivity contribution in [3.8, 4) is 0 Å². The maximum Gasteiger partial charge on any atom is 0.245 e. The fourth-order valence-corrected chi connectivity index (χ4v) is 4.01. The van der Waals surface area contributed by atoms with E-state index in [2.05, 4.69) is 4.98 Å². The van der Waals surface area contributed by atoms with Crippen LogP contribution in [0, 0.1) is 13.8 Å². The molecule has 1 aromatic carbocycles. The molecule has 0 saturated carbocycles. The molecular formula is C13H17N3O2S2. The average Bonchev–Trinajstić information content (AvgIpc) is 2.87. The third kappa shape index (κ3) is 2.70. The summed E-state index contributed by atoms with van der Waals surface area (Å²) in [7, 11) is -2.09. The highest BCUT2D eigenvalue weighted by Gasteiger charge is 2.26. The number of aromatic nitrogens is 1. The Morgan fingerprint density at radius 3 is 2.55 bits per heavy atom. The van der Waals surface area contributed by atoms with Gasteiger partial charge in [0.25, 0.3) is 0 Å². The van der Waals surface area contributed by atoms with Crippen LogP contribution in [-0.2, 0) is 16.6 Å². The van der Waals surface area contributed by atoms with E-state index in [4.69, 9.17) is 5.73 Å². The molecule has 5 nitrogen and oxygen atoms in total. The molecule has 0 spiro atoms. The highest BCUT2D eigenvalue weighted by Crippen LogP contribution is 2.28. The summed E-state index contributed by atoms with van der Waals surface area (Å²) < 4.78 is 26.6. The lowest BCUT2D eigenvalue weighted by atomic mass is 10.1. The number of hydrogen-bond donors (Lipinski definition) is 1. The number of benzene rings is 1. The van der Waals surface area contributed by atoms with Gasteiger partial charge in [0.1, 0.15) is 4.90 Å². The van der Waals surface area contributed by atoms with Gasteiger partial charge in [-0.3, -0.25) is 0 Å². The molecule has 2 N–H and O–H groups in total. The molecule has 0 unspecified atom stereocenters. The first-order valence-electron chi connectivity index (χ1n) is 6.03. The number of nitrogens with zero attached hydrogens (tertiary/aromatic N) is 2. The topological polar surface area (TPSA) is 76.3 Å². The minimum atomic E-state index is -3.63. The van der Waals surface area contributed by atoms with Crippen molar-refractivity contribution in [2.24, 2.45) is 0 Å². The minimum absolute atomic E-state index is 0.190. The van der Waals surface area contributed by atoms with Gasteiger partial charge in [-0.15, -0.1) is 11.3 Å². The molecule has 0 radical (unpaired) electrons. The Labute approximate surface area is 123 Å². The van der Waals surface area contributed by atoms with Crippen molar-refractivity contribution in [2.75, 3.05) is 12.8 Å². The van der Waals surface area contributed by atoms with Gasteiger partial charge in [0.05, 0.1) is 23.4 Å². The van der Waals surface area contributed by atoms with Gasteiger partial charge in [-0.05, 0) is 25.0 Å². The van der Waals surface area contributed by atoms with Gasteiger partial charge in [0.2, 0.25) is 10.0 Å². The quantitative estimate of drug-likeness (QED) is 0.878. The van der Waals surface area contributed by atoms with E-state index in [0.717, 1.165) is 11.3 Å². The zero-order valence-corrected chi connectivity index (χ0v) is 13.3. The van der Waals surface area contributed by atoms with Crippen molar-refractivity contribution in [1.29, 1.82) is 0 Å². The molecule has 0 atom stereocenters. The van der Waals surface area contributed by atoms with Crippen molar-refractivity contribution in [3.63, 3.8) is 0 Å². The molecular weight excluding hydrogens is 294 g/mol. The lowest BCUT2D eigenvalue weighted by Crippen LogP contribution is -2.28. The molecule has 0 fully saturated rings. The van der Waals surface area contributed by atoms with E-state index in [1.807, 2.05) is 11.4 Å². The average molecular weight is 311 g/mol. The molecule has 0 aliphatic heterocycles. The number of aryl methyl sites for hydroxylation is 2. The van der Waals surface area contributed by atoms with Gasteiger partial charge in [-0.25, -0.2) is 13.4 Å². The summed E-state index contributed by atoms with van der Waals surface area (Å²) in [5.74, 6) is 0. The zero-order valence-electron chi connectivity index (χ0n) is 11.6. The second kappa shape index (κ2) is 5.51. The Hall–Kier alpha value is -1.44. The molecule has 108 valence electrons. The minimum Gasteiger partial charge on any atom is -0.397 e. The fourth-order valence-electron chi connectivity index (χ4n) is 1.93. The van der Waals surface area contributed by atoms with Crippen LogP contribution >= 0.6 is 11.3 Å². The van der Waals surface area contributed by atoms with Gasteiger partial charge < -0.3 is 5.73 Å². The lowest BCUT2D eigenvalue weighted by molar-refractivity contribution is 0.463. The number of thiazole rings is 1. The standard InChI is InChI=1S/C13H17N3O2S2/c1-9-4-5-10(2)13(12(9)14)20(17,18)16(3)6-11-7-19-8-15-11/h4-5,7-8H,6,14H2,1-3H3. The monoisotopic (exact) mass is 311 g/mol. The van der Waals surface area contributed by atoms with Crippen LogP contribution in [0.3, 0.4) is 0 Å². The van der Waals surface area contributed by atoms with Crippen molar-refractivity contribution in [3.05, 3.63) is 39.8 Å². The van der Waals surface area contributed by atoms with Gasteiger partial charge >= 0.3 is 0 Å². The van der Waals surface area contributed by atoms with Crippen LogP contribution in [0.1, 0.15) is 16.8 Å². The molecule has 1 heterocycles. The molecule has 20 heavy (non-hydrogen) atoms. The van der Waals surface area contributed by atoms with E-state index in [-0.39, 0.29) is 11.4 Å². The van der Waals surface area contributed by atoms with Crippen LogP contribution in [-0.4, -0.2) is 24.8 Å². The Morgan fingerprint density at radius 2 is 1.95 bits per heavy atom. The van der Waals surface area contributed by atoms with Crippen LogP contribution in [0.5, 0.6) is 0 Å². The van der Waals surface area contributed by atoms with E-state index >= 15 is 0 Å². The molecule has 0 saturated heterocycles. The fraction of sp³-hybridized carbons (Fsp3) is 0.308. The summed E-state index contributed by atoms with van der Waals surface area (Å²) in [4.78, 5) is 4.30. The largest absolute Gasteiger partial charge is 0.397 e. The van der Waals surface area contributed by atoms with Gasteiger partial charge in [0, 0.05) is 12.4 Å². The van der Waals surface area contributed by atoms with Crippen molar-refractivity contribution in [2.45, 2.75) is 25.3 Å². The third-order valence-electron chi connectivity index (χ3n) is 3.15. The van der Waals surface area contributed by atoms with E-state index in [1.165, 1.54) is 22.7 Å². The predicted octanol–water partition coefficient (Wildman–Crippen LogP) is 2.16. The summed E-state index contributed by atoms with van der Waals surface area (Å²) in [6.07, 6.45) is 0. The van der Waals surface area contributed by atoms with E-state index in [9.17, 15) is 8.42 Å². The summed E-state index contributed by atoms with van der Waals surface area (Å²) >= 11 is 1.44. The summed E-state index contributed by atoms with van der Waals surface area (Å²) in [5.41, 5.74) is 10.1. The highest BCUT2D eigenvalue weighted by molar-refractivity contribution is 7.89. The van der Waals surface area contributed by atoms with E-state index in [0.29, 0.717) is 11.3 Å². The molecule has 0 aliphatic carbocycles. The maximum absolute atomic E-state index is 12.7. The SMILES string of the molecule is Cc1ccc(C)c(S(=O)(=O)N(C)Cc2cscn2)c1N. The smallest absolute Gasteiger partial charge is 0.245 e. The van der Waals surface area contributed by atoms with Crippen LogP contribution in [0.15, 0.2) is 27.9 Å². The van der Waals surface area contributed by atoms with Crippen molar-refractivity contribution in [1.82, 2.24) is 9.29 Å². The zero-order chi connectivity index (χ0) is 14.9. The number of sulfonamides is 1. The number of nitrogen functional groups attached to an aromatic ring is 1. The number of anilines is 1. The number of hydrogen-bond acceptors (Lipinski definition) is 5. The third-order valence-corrected chi connectivity index (χ3v) is 5.79. The molecule has 1 aromatic heterocycles. The molecule has 0 amide bonds. The van der Waals surface area contributed by atoms with Gasteiger partial charge in [-0.2, -0.15) is 4.31 Å². The Bertz CT molecular complexity index is 709. The summed E-state index contributed by atoms with van der Waals surface area (Å²) in [6.45, 7) is 3.78. The molecule has 0 aliphatic rings. The van der Waals surface area contributed by atoms with Crippen molar-refractivity contribution < 1.29 is 8.42 Å². The normalized spacial score (nSPS) is 12.0.